The summed E-state index contributed by atoms with van der Waals surface area (Å²) in [6, 6.07) is 14.3. The second-order valence-electron chi connectivity index (χ2n) is 6.35. The molecule has 1 saturated heterocycles. The number of carbonyl (C=O) groups excluding carboxylic acids is 3. The van der Waals surface area contributed by atoms with Gasteiger partial charge in [-0.3, -0.25) is 25.2 Å². The van der Waals surface area contributed by atoms with Gasteiger partial charge in [0, 0.05) is 18.7 Å². The lowest BCUT2D eigenvalue weighted by Crippen LogP contribution is -2.45. The van der Waals surface area contributed by atoms with Gasteiger partial charge in [0.05, 0.1) is 16.5 Å². The zero-order valence-electron chi connectivity index (χ0n) is 14.9. The number of carbonyl (C=O) groups is 3. The van der Waals surface area contributed by atoms with Gasteiger partial charge >= 0.3 is 0 Å². The Morgan fingerprint density at radius 3 is 2.48 bits per heavy atom. The Morgan fingerprint density at radius 2 is 1.81 bits per heavy atom. The summed E-state index contributed by atoms with van der Waals surface area (Å²) in [6.45, 7) is 2.34. The van der Waals surface area contributed by atoms with Crippen LogP contribution in [0.1, 0.15) is 29.3 Å². The van der Waals surface area contributed by atoms with Crippen LogP contribution >= 0.6 is 11.6 Å². The summed E-state index contributed by atoms with van der Waals surface area (Å²) in [7, 11) is 0. The second-order valence-corrected chi connectivity index (χ2v) is 6.76. The first kappa shape index (κ1) is 18.9. The van der Waals surface area contributed by atoms with Crippen LogP contribution < -0.4 is 15.8 Å². The Bertz CT molecular complexity index is 867. The monoisotopic (exact) mass is 385 g/mol. The molecule has 6 nitrogen and oxygen atoms in total. The second kappa shape index (κ2) is 8.22. The summed E-state index contributed by atoms with van der Waals surface area (Å²) < 4.78 is 0. The Morgan fingerprint density at radius 1 is 1.11 bits per heavy atom. The first-order valence-electron chi connectivity index (χ1n) is 8.73. The van der Waals surface area contributed by atoms with E-state index < -0.39 is 17.7 Å². The van der Waals surface area contributed by atoms with Gasteiger partial charge in [0.15, 0.2) is 0 Å². The van der Waals surface area contributed by atoms with Gasteiger partial charge in [0.2, 0.25) is 11.8 Å². The molecule has 1 fully saturated rings. The zero-order chi connectivity index (χ0) is 19.4. The van der Waals surface area contributed by atoms with Crippen LogP contribution in [-0.4, -0.2) is 24.3 Å². The first-order chi connectivity index (χ1) is 13.0. The van der Waals surface area contributed by atoms with Crippen molar-refractivity contribution < 1.29 is 14.4 Å². The molecule has 2 aromatic rings. The molecule has 3 amide bonds. The fraction of sp³-hybridized carbons (Fsp3) is 0.250. The van der Waals surface area contributed by atoms with Gasteiger partial charge in [-0.05, 0) is 36.2 Å². The fourth-order valence-corrected chi connectivity index (χ4v) is 3.20. The molecule has 140 valence electrons. The summed E-state index contributed by atoms with van der Waals surface area (Å²) in [5.74, 6) is -1.56. The molecule has 27 heavy (non-hydrogen) atoms. The Labute approximate surface area is 162 Å². The van der Waals surface area contributed by atoms with Gasteiger partial charge < -0.3 is 4.90 Å². The molecule has 0 radical (unpaired) electrons. The highest BCUT2D eigenvalue weighted by atomic mass is 35.5. The molecule has 1 aliphatic heterocycles. The third-order valence-electron chi connectivity index (χ3n) is 4.57. The largest absolute Gasteiger partial charge is 0.312 e. The maximum absolute atomic E-state index is 12.4. The lowest BCUT2D eigenvalue weighted by molar-refractivity contribution is -0.126. The normalized spacial score (nSPS) is 16.3. The number of aryl methyl sites for hydroxylation is 1. The minimum atomic E-state index is -0.533. The van der Waals surface area contributed by atoms with Gasteiger partial charge in [-0.2, -0.15) is 0 Å². The highest BCUT2D eigenvalue weighted by Gasteiger charge is 2.35. The third-order valence-corrected chi connectivity index (χ3v) is 4.90. The molecular weight excluding hydrogens is 366 g/mol. The lowest BCUT2D eigenvalue weighted by Gasteiger charge is -2.17. The van der Waals surface area contributed by atoms with Crippen molar-refractivity contribution in [2.75, 3.05) is 11.4 Å². The average Bonchev–Trinajstić information content (AvgIpc) is 3.08. The standard InChI is InChI=1S/C20H20ClN3O3/c1-2-13-7-9-15(10-8-13)24-12-14(11-18(24)25)19(26)22-23-20(27)16-5-3-4-6-17(16)21/h3-10,14H,2,11-12H2,1H3,(H,22,26)(H,23,27). The van der Waals surface area contributed by atoms with Crippen molar-refractivity contribution in [3.8, 4) is 0 Å². The summed E-state index contributed by atoms with van der Waals surface area (Å²) >= 11 is 5.96. The number of nitrogens with zero attached hydrogens (tertiary/aromatic N) is 1. The predicted octanol–water partition coefficient (Wildman–Crippen LogP) is 2.72. The van der Waals surface area contributed by atoms with E-state index in [1.807, 2.05) is 24.3 Å². The molecule has 1 atom stereocenters. The molecule has 0 saturated carbocycles. The summed E-state index contributed by atoms with van der Waals surface area (Å²) in [4.78, 5) is 38.3. The smallest absolute Gasteiger partial charge is 0.271 e. The molecule has 0 aromatic heterocycles. The molecule has 0 spiro atoms. The van der Waals surface area contributed by atoms with Crippen LogP contribution in [0.15, 0.2) is 48.5 Å². The number of amides is 3. The van der Waals surface area contributed by atoms with Crippen molar-refractivity contribution in [3.63, 3.8) is 0 Å². The van der Waals surface area contributed by atoms with E-state index in [1.54, 1.807) is 29.2 Å². The number of benzene rings is 2. The number of hydrogen-bond donors (Lipinski definition) is 2. The number of anilines is 1. The molecule has 3 rings (SSSR count). The van der Waals surface area contributed by atoms with Crippen molar-refractivity contribution in [3.05, 3.63) is 64.7 Å². The molecule has 2 aromatic carbocycles. The number of halogens is 1. The molecule has 7 heteroatoms. The third kappa shape index (κ3) is 4.28. The minimum Gasteiger partial charge on any atom is -0.312 e. The van der Waals surface area contributed by atoms with E-state index >= 15 is 0 Å². The van der Waals surface area contributed by atoms with Crippen LogP contribution in [-0.2, 0) is 16.0 Å². The Hall–Kier alpha value is -2.86. The average molecular weight is 386 g/mol. The van der Waals surface area contributed by atoms with Crippen LogP contribution in [0.2, 0.25) is 5.02 Å². The maximum atomic E-state index is 12.4. The lowest BCUT2D eigenvalue weighted by atomic mass is 10.1. The molecule has 0 bridgehead atoms. The van der Waals surface area contributed by atoms with E-state index in [1.165, 1.54) is 5.56 Å². The summed E-state index contributed by atoms with van der Waals surface area (Å²) in [6.07, 6.45) is 1.02. The molecular formula is C20H20ClN3O3. The van der Waals surface area contributed by atoms with Gasteiger partial charge in [-0.15, -0.1) is 0 Å². The van der Waals surface area contributed by atoms with E-state index in [2.05, 4.69) is 17.8 Å². The molecule has 1 aliphatic rings. The topological polar surface area (TPSA) is 78.5 Å². The van der Waals surface area contributed by atoms with Gasteiger partial charge in [-0.25, -0.2) is 0 Å². The number of hydrogen-bond acceptors (Lipinski definition) is 3. The van der Waals surface area contributed by atoms with Crippen LogP contribution in [0.5, 0.6) is 0 Å². The van der Waals surface area contributed by atoms with Crippen molar-refractivity contribution in [2.24, 2.45) is 5.92 Å². The molecule has 0 aliphatic carbocycles. The van der Waals surface area contributed by atoms with Crippen molar-refractivity contribution in [2.45, 2.75) is 19.8 Å². The summed E-state index contributed by atoms with van der Waals surface area (Å²) in [5.41, 5.74) is 6.95. The van der Waals surface area contributed by atoms with Crippen LogP contribution in [0.25, 0.3) is 0 Å². The van der Waals surface area contributed by atoms with Crippen molar-refractivity contribution >= 4 is 35.0 Å². The van der Waals surface area contributed by atoms with E-state index in [0.29, 0.717) is 5.02 Å². The van der Waals surface area contributed by atoms with E-state index in [9.17, 15) is 14.4 Å². The van der Waals surface area contributed by atoms with Gasteiger partial charge in [0.25, 0.3) is 5.91 Å². The van der Waals surface area contributed by atoms with Crippen LogP contribution in [0.4, 0.5) is 5.69 Å². The molecule has 1 heterocycles. The van der Waals surface area contributed by atoms with Crippen molar-refractivity contribution in [1.82, 2.24) is 10.9 Å². The summed E-state index contributed by atoms with van der Waals surface area (Å²) in [5, 5.41) is 0.294. The van der Waals surface area contributed by atoms with E-state index in [0.717, 1.165) is 12.1 Å². The first-order valence-corrected chi connectivity index (χ1v) is 9.11. The highest BCUT2D eigenvalue weighted by molar-refractivity contribution is 6.33. The Kier molecular flexibility index (Phi) is 5.76. The van der Waals surface area contributed by atoms with Gasteiger partial charge in [-0.1, -0.05) is 42.8 Å². The quantitative estimate of drug-likeness (QED) is 0.794. The number of nitrogens with one attached hydrogen (secondary N) is 2. The fourth-order valence-electron chi connectivity index (χ4n) is 2.98. The molecule has 1 unspecified atom stereocenters. The SMILES string of the molecule is CCc1ccc(N2CC(C(=O)NNC(=O)c3ccccc3Cl)CC2=O)cc1. The van der Waals surface area contributed by atoms with E-state index in [4.69, 9.17) is 11.6 Å². The number of rotatable bonds is 4. The van der Waals surface area contributed by atoms with E-state index in [-0.39, 0.29) is 24.4 Å². The minimum absolute atomic E-state index is 0.101. The number of hydrazine groups is 1. The van der Waals surface area contributed by atoms with Crippen LogP contribution in [0, 0.1) is 5.92 Å². The predicted molar refractivity (Wildman–Crippen MR) is 103 cm³/mol. The highest BCUT2D eigenvalue weighted by Crippen LogP contribution is 2.25. The van der Waals surface area contributed by atoms with Crippen LogP contribution in [0.3, 0.4) is 0 Å². The van der Waals surface area contributed by atoms with Gasteiger partial charge in [0.1, 0.15) is 0 Å². The molecule has 2 N–H and O–H groups in total. The van der Waals surface area contributed by atoms with Crippen molar-refractivity contribution in [1.29, 1.82) is 0 Å². The zero-order valence-corrected chi connectivity index (χ0v) is 15.6. The maximum Gasteiger partial charge on any atom is 0.271 e. The Balaban J connectivity index is 1.58.